The summed E-state index contributed by atoms with van der Waals surface area (Å²) in [6.45, 7) is 10.0. The molecule has 1 aliphatic rings. The predicted molar refractivity (Wildman–Crippen MR) is 150 cm³/mol. The molecular weight excluding hydrogens is 550 g/mol. The minimum Gasteiger partial charge on any atom is -0.462 e. The molecule has 9 nitrogen and oxygen atoms in total. The molecule has 0 unspecified atom stereocenters. The van der Waals surface area contributed by atoms with E-state index >= 15 is 0 Å². The molecule has 0 aliphatic carbocycles. The molecule has 198 valence electrons. The minimum absolute atomic E-state index is 0.285. The number of imidazole rings is 1. The summed E-state index contributed by atoms with van der Waals surface area (Å²) in [7, 11) is 0. The quantitative estimate of drug-likeness (QED) is 0.292. The van der Waals surface area contributed by atoms with Gasteiger partial charge in [-0.25, -0.2) is 19.6 Å². The van der Waals surface area contributed by atoms with E-state index in [0.29, 0.717) is 37.3 Å². The van der Waals surface area contributed by atoms with Crippen molar-refractivity contribution in [1.29, 1.82) is 0 Å². The molecule has 0 atom stereocenters. The van der Waals surface area contributed by atoms with Crippen LogP contribution in [0.15, 0.2) is 53.3 Å². The standard InChI is InChI=1S/C28H30BrN5O4/c1-5-37-26(35)20-14-18(29)15-23-25(20)30-17-34(23)22-16-24(31-21-9-7-6-8-19(21)22)32-10-12-33(13-11-32)27(36)38-28(2,3)4/h6-9,14-17H,5,10-13H2,1-4H3. The number of amides is 1. The summed E-state index contributed by atoms with van der Waals surface area (Å²) >= 11 is 3.54. The van der Waals surface area contributed by atoms with Crippen LogP contribution in [-0.4, -0.2) is 69.9 Å². The summed E-state index contributed by atoms with van der Waals surface area (Å²) in [4.78, 5) is 38.6. The third-order valence-electron chi connectivity index (χ3n) is 6.31. The van der Waals surface area contributed by atoms with E-state index in [1.54, 1.807) is 24.2 Å². The van der Waals surface area contributed by atoms with E-state index in [4.69, 9.17) is 14.5 Å². The summed E-state index contributed by atoms with van der Waals surface area (Å²) in [6, 6.07) is 13.7. The van der Waals surface area contributed by atoms with Crippen molar-refractivity contribution in [3.63, 3.8) is 0 Å². The second-order valence-electron chi connectivity index (χ2n) is 10.1. The van der Waals surface area contributed by atoms with E-state index in [0.717, 1.165) is 32.4 Å². The van der Waals surface area contributed by atoms with Crippen molar-refractivity contribution in [3.8, 4) is 5.69 Å². The van der Waals surface area contributed by atoms with Gasteiger partial charge in [0.15, 0.2) is 0 Å². The molecule has 5 rings (SSSR count). The SMILES string of the molecule is CCOC(=O)c1cc(Br)cc2c1ncn2-c1cc(N2CCN(C(=O)OC(C)(C)C)CC2)nc2ccccc12. The Labute approximate surface area is 229 Å². The van der Waals surface area contributed by atoms with Crippen LogP contribution in [0.4, 0.5) is 10.6 Å². The van der Waals surface area contributed by atoms with Gasteiger partial charge < -0.3 is 19.3 Å². The number of piperazine rings is 1. The number of rotatable bonds is 4. The number of carbonyl (C=O) groups is 2. The number of para-hydroxylation sites is 1. The van der Waals surface area contributed by atoms with E-state index in [1.165, 1.54) is 0 Å². The molecule has 0 radical (unpaired) electrons. The number of fused-ring (bicyclic) bond motifs is 2. The van der Waals surface area contributed by atoms with E-state index in [2.05, 4.69) is 25.8 Å². The lowest BCUT2D eigenvalue weighted by Crippen LogP contribution is -2.50. The Hall–Kier alpha value is -3.66. The van der Waals surface area contributed by atoms with Gasteiger partial charge in [0.25, 0.3) is 0 Å². The third kappa shape index (κ3) is 5.18. The summed E-state index contributed by atoms with van der Waals surface area (Å²) in [5.74, 6) is 0.400. The summed E-state index contributed by atoms with van der Waals surface area (Å²) in [6.07, 6.45) is 1.43. The van der Waals surface area contributed by atoms with Gasteiger partial charge in [0.05, 0.1) is 28.9 Å². The zero-order chi connectivity index (χ0) is 27.0. The number of ether oxygens (including phenoxy) is 2. The van der Waals surface area contributed by atoms with Crippen molar-refractivity contribution < 1.29 is 19.1 Å². The summed E-state index contributed by atoms with van der Waals surface area (Å²) in [5.41, 5.74) is 2.97. The lowest BCUT2D eigenvalue weighted by molar-refractivity contribution is 0.0240. The fourth-order valence-electron chi connectivity index (χ4n) is 4.59. The van der Waals surface area contributed by atoms with Crippen LogP contribution in [0.2, 0.25) is 0 Å². The molecule has 2 aromatic carbocycles. The number of halogens is 1. The van der Waals surface area contributed by atoms with E-state index in [1.807, 2.05) is 61.7 Å². The highest BCUT2D eigenvalue weighted by Crippen LogP contribution is 2.32. The number of hydrogen-bond donors (Lipinski definition) is 0. The first-order valence-corrected chi connectivity index (χ1v) is 13.4. The Morgan fingerprint density at radius 2 is 1.79 bits per heavy atom. The molecule has 1 fully saturated rings. The van der Waals surface area contributed by atoms with E-state index < -0.39 is 11.6 Å². The van der Waals surface area contributed by atoms with Gasteiger partial charge in [-0.2, -0.15) is 0 Å². The smallest absolute Gasteiger partial charge is 0.410 e. The maximum Gasteiger partial charge on any atom is 0.410 e. The molecule has 0 N–H and O–H groups in total. The van der Waals surface area contributed by atoms with Gasteiger partial charge in [-0.1, -0.05) is 34.1 Å². The average Bonchev–Trinajstić information content (AvgIpc) is 3.30. The first-order valence-electron chi connectivity index (χ1n) is 12.6. The van der Waals surface area contributed by atoms with Crippen molar-refractivity contribution in [1.82, 2.24) is 19.4 Å². The Morgan fingerprint density at radius 1 is 1.05 bits per heavy atom. The van der Waals surface area contributed by atoms with Crippen LogP contribution in [0.25, 0.3) is 27.6 Å². The fourth-order valence-corrected chi connectivity index (χ4v) is 5.03. The maximum absolute atomic E-state index is 12.6. The van der Waals surface area contributed by atoms with Gasteiger partial charge in [0, 0.05) is 42.1 Å². The Kier molecular flexibility index (Phi) is 7.00. The summed E-state index contributed by atoms with van der Waals surface area (Å²) < 4.78 is 13.5. The number of anilines is 1. The van der Waals surface area contributed by atoms with Crippen molar-refractivity contribution in [3.05, 3.63) is 58.8 Å². The van der Waals surface area contributed by atoms with Crippen LogP contribution in [0.5, 0.6) is 0 Å². The van der Waals surface area contributed by atoms with Crippen molar-refractivity contribution >= 4 is 55.7 Å². The Morgan fingerprint density at radius 3 is 2.50 bits per heavy atom. The predicted octanol–water partition coefficient (Wildman–Crippen LogP) is 5.57. The van der Waals surface area contributed by atoms with Crippen LogP contribution < -0.4 is 4.90 Å². The normalized spacial score (nSPS) is 14.2. The summed E-state index contributed by atoms with van der Waals surface area (Å²) in [5, 5.41) is 0.959. The number of nitrogens with zero attached hydrogens (tertiary/aromatic N) is 5. The number of hydrogen-bond acceptors (Lipinski definition) is 7. The maximum atomic E-state index is 12.6. The van der Waals surface area contributed by atoms with Crippen molar-refractivity contribution in [2.45, 2.75) is 33.3 Å². The van der Waals surface area contributed by atoms with E-state index in [-0.39, 0.29) is 12.7 Å². The van der Waals surface area contributed by atoms with Crippen molar-refractivity contribution in [2.75, 3.05) is 37.7 Å². The number of pyridine rings is 1. The largest absolute Gasteiger partial charge is 0.462 e. The highest BCUT2D eigenvalue weighted by atomic mass is 79.9. The van der Waals surface area contributed by atoms with Gasteiger partial charge in [-0.15, -0.1) is 0 Å². The van der Waals surface area contributed by atoms with Crippen LogP contribution in [0.1, 0.15) is 38.1 Å². The average molecular weight is 580 g/mol. The first-order chi connectivity index (χ1) is 18.1. The molecule has 0 saturated carbocycles. The van der Waals surface area contributed by atoms with Crippen molar-refractivity contribution in [2.24, 2.45) is 0 Å². The third-order valence-corrected chi connectivity index (χ3v) is 6.77. The number of benzene rings is 2. The van der Waals surface area contributed by atoms with Crippen LogP contribution in [0.3, 0.4) is 0 Å². The minimum atomic E-state index is -0.529. The fraction of sp³-hybridized carbons (Fsp3) is 0.357. The van der Waals surface area contributed by atoms with Crippen LogP contribution >= 0.6 is 15.9 Å². The van der Waals surface area contributed by atoms with Crippen LogP contribution in [-0.2, 0) is 9.47 Å². The zero-order valence-corrected chi connectivity index (χ0v) is 23.5. The lowest BCUT2D eigenvalue weighted by Gasteiger charge is -2.36. The zero-order valence-electron chi connectivity index (χ0n) is 21.9. The monoisotopic (exact) mass is 579 g/mol. The molecule has 4 aromatic rings. The molecule has 38 heavy (non-hydrogen) atoms. The van der Waals surface area contributed by atoms with E-state index in [9.17, 15) is 9.59 Å². The molecule has 3 heterocycles. The van der Waals surface area contributed by atoms with Gasteiger partial charge in [-0.3, -0.25) is 4.57 Å². The van der Waals surface area contributed by atoms with Gasteiger partial charge >= 0.3 is 12.1 Å². The molecule has 0 spiro atoms. The number of carbonyl (C=O) groups excluding carboxylic acids is 2. The first kappa shape index (κ1) is 26.0. The lowest BCUT2D eigenvalue weighted by atomic mass is 10.1. The Bertz CT molecular complexity index is 1520. The van der Waals surface area contributed by atoms with Crippen LogP contribution in [0, 0.1) is 0 Å². The molecule has 1 aliphatic heterocycles. The van der Waals surface area contributed by atoms with Gasteiger partial charge in [0.1, 0.15) is 23.3 Å². The molecule has 0 bridgehead atoms. The molecule has 10 heteroatoms. The second-order valence-corrected chi connectivity index (χ2v) is 11.0. The number of esters is 1. The molecular formula is C28H30BrN5O4. The molecule has 1 saturated heterocycles. The topological polar surface area (TPSA) is 89.8 Å². The molecule has 2 aromatic heterocycles. The highest BCUT2D eigenvalue weighted by Gasteiger charge is 2.27. The van der Waals surface area contributed by atoms with Gasteiger partial charge in [0.2, 0.25) is 0 Å². The number of aromatic nitrogens is 3. The van der Waals surface area contributed by atoms with Gasteiger partial charge in [-0.05, 0) is 45.9 Å². The Balaban J connectivity index is 1.52. The highest BCUT2D eigenvalue weighted by molar-refractivity contribution is 9.10. The second kappa shape index (κ2) is 10.2. The molecule has 1 amide bonds.